The molecular formula is C52H63N3O7. The van der Waals surface area contributed by atoms with Gasteiger partial charge in [0.15, 0.2) is 17.3 Å². The number of phenolic OH excluding ortho intramolecular Hbond substituents is 1. The maximum absolute atomic E-state index is 14.3. The standard InChI is InChI=1S/C52H63N3O7/c1-3-33-30-55-51(53)28-43(33)42(36-11-10-34-6-4-5-7-35(34)22-36)27-46(58)45(57)23-38-17-19-52(49(60)15-13-37-24-48(62-2)47(59)26-41(37)38)18-16-31(21-50(52)61)8-9-32-20-39-12-14-40(56)25-44(39)54-29-32/h4-7,10-11,22,24,26,28,30-32,38-39,42,44-46,50,54,57-59,61H,3,8-9,12-16,18,20-21,23,25,27,29H2,1-2H3,(H2,53,55). The summed E-state index contributed by atoms with van der Waals surface area (Å²) < 4.78 is 5.48. The maximum atomic E-state index is 14.3. The van der Waals surface area contributed by atoms with E-state index >= 15 is 0 Å². The molecule has 0 radical (unpaired) electrons. The van der Waals surface area contributed by atoms with Gasteiger partial charge in [0.05, 0.1) is 25.4 Å². The molecule has 7 N–H and O–H groups in total. The number of Topliss-reactive ketones (excluding diaryl/α,β-unsaturated/α-hetero) is 2. The number of ether oxygens (including phenoxy) is 1. The molecule has 10 unspecified atom stereocenters. The van der Waals surface area contributed by atoms with Gasteiger partial charge in [0.25, 0.3) is 0 Å². The van der Waals surface area contributed by atoms with Crippen LogP contribution in [0.3, 0.4) is 0 Å². The minimum Gasteiger partial charge on any atom is -0.504 e. The topological polar surface area (TPSA) is 175 Å². The van der Waals surface area contributed by atoms with Crippen LogP contribution in [0.15, 0.2) is 66.9 Å². The van der Waals surface area contributed by atoms with Crippen molar-refractivity contribution in [2.75, 3.05) is 19.4 Å². The van der Waals surface area contributed by atoms with Gasteiger partial charge in [0.1, 0.15) is 17.0 Å². The van der Waals surface area contributed by atoms with Crippen molar-refractivity contribution in [2.45, 2.75) is 133 Å². The zero-order chi connectivity index (χ0) is 43.5. The number of carbonyl (C=O) groups is 2. The lowest BCUT2D eigenvalue weighted by Crippen LogP contribution is -2.49. The van der Waals surface area contributed by atoms with Crippen LogP contribution in [0.5, 0.6) is 11.5 Å². The number of ketones is 2. The fourth-order valence-corrected chi connectivity index (χ4v) is 11.2. The number of aryl methyl sites for hydroxylation is 2. The second-order valence-corrected chi connectivity index (χ2v) is 18.8. The lowest BCUT2D eigenvalue weighted by atomic mass is 9.64. The van der Waals surface area contributed by atoms with Crippen LogP contribution in [0.1, 0.15) is 124 Å². The summed E-state index contributed by atoms with van der Waals surface area (Å²) in [5, 5.41) is 52.8. The number of hydrogen-bond donors (Lipinski definition) is 6. The van der Waals surface area contributed by atoms with Crippen molar-refractivity contribution in [3.05, 3.63) is 94.7 Å². The van der Waals surface area contributed by atoms with Crippen molar-refractivity contribution in [3.63, 3.8) is 0 Å². The first-order valence-corrected chi connectivity index (χ1v) is 22.9. The largest absolute Gasteiger partial charge is 0.504 e. The van der Waals surface area contributed by atoms with Crippen molar-refractivity contribution in [1.29, 1.82) is 0 Å². The van der Waals surface area contributed by atoms with Gasteiger partial charge in [-0.1, -0.05) is 67.6 Å². The smallest absolute Gasteiger partial charge is 0.160 e. The number of nitrogens with two attached hydrogens (primary N) is 1. The summed E-state index contributed by atoms with van der Waals surface area (Å²) in [6, 6.07) is 19.9. The Kier molecular flexibility index (Phi) is 13.4. The summed E-state index contributed by atoms with van der Waals surface area (Å²) in [4.78, 5) is 30.7. The number of piperidine rings is 1. The van der Waals surface area contributed by atoms with E-state index in [4.69, 9.17) is 10.5 Å². The fraction of sp³-hybridized carbons (Fsp3) is 0.519. The Hall–Kier alpha value is -4.79. The third-order valence-electron chi connectivity index (χ3n) is 14.9. The summed E-state index contributed by atoms with van der Waals surface area (Å²) in [5.74, 6) is 7.95. The monoisotopic (exact) mass is 841 g/mol. The van der Waals surface area contributed by atoms with E-state index in [-0.39, 0.29) is 48.4 Å². The second-order valence-electron chi connectivity index (χ2n) is 18.8. The lowest BCUT2D eigenvalue weighted by molar-refractivity contribution is -0.134. The number of phenols is 1. The molecule has 3 fully saturated rings. The van der Waals surface area contributed by atoms with Crippen molar-refractivity contribution >= 4 is 28.2 Å². The number of benzene rings is 3. The predicted molar refractivity (Wildman–Crippen MR) is 241 cm³/mol. The van der Waals surface area contributed by atoms with Gasteiger partial charge in [0.2, 0.25) is 0 Å². The van der Waals surface area contributed by atoms with E-state index in [0.29, 0.717) is 73.6 Å². The van der Waals surface area contributed by atoms with Crippen LogP contribution in [0, 0.1) is 35.0 Å². The van der Waals surface area contributed by atoms with E-state index in [1.54, 1.807) is 18.3 Å². The molecule has 10 nitrogen and oxygen atoms in total. The minimum atomic E-state index is -1.25. The molecule has 1 spiro atoms. The molecule has 0 amide bonds. The number of anilines is 1. The van der Waals surface area contributed by atoms with E-state index in [2.05, 4.69) is 59.4 Å². The van der Waals surface area contributed by atoms with Gasteiger partial charge < -0.3 is 36.2 Å². The molecule has 2 heterocycles. The molecule has 3 aliphatic carbocycles. The highest BCUT2D eigenvalue weighted by Crippen LogP contribution is 2.46. The highest BCUT2D eigenvalue weighted by atomic mass is 16.5. The zero-order valence-electron chi connectivity index (χ0n) is 36.2. The molecule has 328 valence electrons. The highest BCUT2D eigenvalue weighted by Gasteiger charge is 2.48. The minimum absolute atomic E-state index is 0.0327. The average molecular weight is 842 g/mol. The Balaban J connectivity index is 1.04. The zero-order valence-corrected chi connectivity index (χ0v) is 36.2. The summed E-state index contributed by atoms with van der Waals surface area (Å²) >= 11 is 0. The van der Waals surface area contributed by atoms with E-state index in [1.807, 2.05) is 18.2 Å². The SMILES string of the molecule is CCc1cnc(N)cc1C(CC(O)C(O)CC1C#CC2(CCC(CCC3CNC4CC(=O)CCC4C3)CC2O)C(=O)CCc2cc(OC)c(O)cc21)c1ccc2ccccc2c1. The number of nitrogen functional groups attached to an aromatic ring is 1. The lowest BCUT2D eigenvalue weighted by Gasteiger charge is -2.42. The summed E-state index contributed by atoms with van der Waals surface area (Å²) in [6.45, 7) is 2.98. The predicted octanol–water partition coefficient (Wildman–Crippen LogP) is 7.30. The van der Waals surface area contributed by atoms with Crippen molar-refractivity contribution in [2.24, 2.45) is 23.2 Å². The number of hydrogen-bond acceptors (Lipinski definition) is 10. The molecule has 0 bridgehead atoms. The number of nitrogens with one attached hydrogen (secondary N) is 1. The number of pyridine rings is 1. The molecule has 62 heavy (non-hydrogen) atoms. The van der Waals surface area contributed by atoms with Gasteiger partial charge in [-0.2, -0.15) is 0 Å². The molecule has 4 aliphatic rings. The van der Waals surface area contributed by atoms with E-state index in [1.165, 1.54) is 7.11 Å². The van der Waals surface area contributed by atoms with Crippen LogP contribution in [-0.2, 0) is 22.4 Å². The first kappa shape index (κ1) is 43.8. The van der Waals surface area contributed by atoms with Crippen molar-refractivity contribution in [3.8, 4) is 23.3 Å². The Morgan fingerprint density at radius 2 is 1.77 bits per heavy atom. The Morgan fingerprint density at radius 1 is 0.968 bits per heavy atom. The fourth-order valence-electron chi connectivity index (χ4n) is 11.2. The van der Waals surface area contributed by atoms with Gasteiger partial charge in [-0.3, -0.25) is 9.59 Å². The van der Waals surface area contributed by atoms with Gasteiger partial charge in [-0.25, -0.2) is 4.98 Å². The Morgan fingerprint density at radius 3 is 2.56 bits per heavy atom. The van der Waals surface area contributed by atoms with Crippen molar-refractivity contribution < 1.29 is 34.8 Å². The van der Waals surface area contributed by atoms with Crippen LogP contribution in [0.2, 0.25) is 0 Å². The molecule has 1 aromatic heterocycles. The number of rotatable bonds is 12. The summed E-state index contributed by atoms with van der Waals surface area (Å²) in [6.07, 6.45) is 7.07. The van der Waals surface area contributed by atoms with E-state index in [0.717, 1.165) is 71.7 Å². The number of aliphatic hydroxyl groups excluding tert-OH is 3. The first-order valence-electron chi connectivity index (χ1n) is 22.9. The third-order valence-corrected chi connectivity index (χ3v) is 14.9. The number of aromatic hydroxyl groups is 1. The summed E-state index contributed by atoms with van der Waals surface area (Å²) in [7, 11) is 1.48. The Bertz CT molecular complexity index is 2340. The number of methoxy groups -OCH3 is 1. The second kappa shape index (κ2) is 18.9. The van der Waals surface area contributed by atoms with Crippen molar-refractivity contribution in [1.82, 2.24) is 10.3 Å². The van der Waals surface area contributed by atoms with Gasteiger partial charge in [-0.05, 0) is 145 Å². The van der Waals surface area contributed by atoms with Crippen LogP contribution in [0.25, 0.3) is 10.8 Å². The number of fused-ring (bicyclic) bond motifs is 3. The first-order chi connectivity index (χ1) is 29.9. The van der Waals surface area contributed by atoms with Crippen LogP contribution in [0.4, 0.5) is 5.82 Å². The number of nitrogens with zero attached hydrogens (tertiary/aromatic N) is 1. The third kappa shape index (κ3) is 9.28. The number of carbonyl (C=O) groups excluding carboxylic acids is 2. The van der Waals surface area contributed by atoms with E-state index in [9.17, 15) is 30.0 Å². The maximum Gasteiger partial charge on any atom is 0.160 e. The molecule has 1 aliphatic heterocycles. The van der Waals surface area contributed by atoms with Gasteiger partial charge in [0, 0.05) is 43.3 Å². The van der Waals surface area contributed by atoms with Crippen LogP contribution < -0.4 is 15.8 Å². The molecule has 4 aromatic rings. The average Bonchev–Trinajstić information content (AvgIpc) is 3.32. The Labute approximate surface area is 365 Å². The van der Waals surface area contributed by atoms with Gasteiger partial charge >= 0.3 is 0 Å². The van der Waals surface area contributed by atoms with E-state index < -0.39 is 29.6 Å². The molecule has 2 saturated carbocycles. The van der Waals surface area contributed by atoms with Gasteiger partial charge in [-0.15, -0.1) is 0 Å². The van der Waals surface area contributed by atoms with Crippen LogP contribution in [-0.4, -0.2) is 75.0 Å². The normalized spacial score (nSPS) is 27.8. The molecule has 8 rings (SSSR count). The molecule has 3 aromatic carbocycles. The number of aliphatic hydroxyl groups is 3. The van der Waals surface area contributed by atoms with Crippen LogP contribution >= 0.6 is 0 Å². The molecular weight excluding hydrogens is 779 g/mol. The molecule has 10 heteroatoms. The quantitative estimate of drug-likeness (QED) is 0.0795. The highest BCUT2D eigenvalue weighted by molar-refractivity contribution is 5.89. The number of aromatic nitrogens is 1. The summed E-state index contributed by atoms with van der Waals surface area (Å²) in [5.41, 5.74) is 9.38. The molecule has 10 atom stereocenters. The molecule has 1 saturated heterocycles.